The minimum absolute atomic E-state index is 0.119. The Hall–Kier alpha value is -2.67. The fraction of sp³-hybridized carbons (Fsp3) is 0.353. The number of hydrogen-bond acceptors (Lipinski definition) is 5. The van der Waals surface area contributed by atoms with E-state index in [1.54, 1.807) is 24.0 Å². The van der Waals surface area contributed by atoms with E-state index in [1.165, 1.54) is 0 Å². The third-order valence-electron chi connectivity index (χ3n) is 4.69. The lowest BCUT2D eigenvalue weighted by Crippen LogP contribution is -2.40. The van der Waals surface area contributed by atoms with Crippen molar-refractivity contribution < 1.29 is 0 Å². The monoisotopic (exact) mass is 324 g/mol. The molecule has 7 heteroatoms. The Balaban J connectivity index is 1.70. The topological polar surface area (TPSA) is 92.8 Å². The first kappa shape index (κ1) is 14.9. The molecule has 3 aromatic rings. The Labute approximate surface area is 139 Å². The van der Waals surface area contributed by atoms with Gasteiger partial charge in [-0.25, -0.2) is 9.78 Å². The molecule has 24 heavy (non-hydrogen) atoms. The van der Waals surface area contributed by atoms with Crippen LogP contribution in [0.2, 0.25) is 0 Å². The zero-order valence-electron chi connectivity index (χ0n) is 13.6. The van der Waals surface area contributed by atoms with E-state index >= 15 is 0 Å². The van der Waals surface area contributed by atoms with Gasteiger partial charge in [-0.3, -0.25) is 9.55 Å². The van der Waals surface area contributed by atoms with Crippen LogP contribution in [-0.4, -0.2) is 38.7 Å². The highest BCUT2D eigenvalue weighted by Crippen LogP contribution is 2.24. The van der Waals surface area contributed by atoms with Gasteiger partial charge in [0.05, 0.1) is 29.1 Å². The molecule has 1 fully saturated rings. The maximum Gasteiger partial charge on any atom is 0.326 e. The maximum atomic E-state index is 11.7. The fourth-order valence-corrected chi connectivity index (χ4v) is 3.16. The molecule has 1 aromatic carbocycles. The van der Waals surface area contributed by atoms with E-state index in [0.29, 0.717) is 0 Å². The summed E-state index contributed by atoms with van der Waals surface area (Å²) in [6.45, 7) is 1.81. The van der Waals surface area contributed by atoms with E-state index in [2.05, 4.69) is 14.9 Å². The van der Waals surface area contributed by atoms with Crippen molar-refractivity contribution in [3.8, 4) is 11.3 Å². The highest BCUT2D eigenvalue weighted by Gasteiger charge is 2.18. The van der Waals surface area contributed by atoms with Crippen molar-refractivity contribution in [2.75, 3.05) is 18.0 Å². The SMILES string of the molecule is Cn1c(=O)[nH]c2ccc(-c3cncc(N4CCC(N)CC4)n3)cc21. The molecule has 0 radical (unpaired) electrons. The summed E-state index contributed by atoms with van der Waals surface area (Å²) in [5.41, 5.74) is 9.28. The van der Waals surface area contributed by atoms with Crippen LogP contribution in [0.1, 0.15) is 12.8 Å². The Bertz CT molecular complexity index is 936. The van der Waals surface area contributed by atoms with Crippen molar-refractivity contribution in [3.63, 3.8) is 0 Å². The van der Waals surface area contributed by atoms with Crippen molar-refractivity contribution in [1.29, 1.82) is 0 Å². The molecule has 0 bridgehead atoms. The fourth-order valence-electron chi connectivity index (χ4n) is 3.16. The van der Waals surface area contributed by atoms with Crippen LogP contribution in [0.4, 0.5) is 5.82 Å². The quantitative estimate of drug-likeness (QED) is 0.740. The van der Waals surface area contributed by atoms with Crippen molar-refractivity contribution in [2.24, 2.45) is 12.8 Å². The van der Waals surface area contributed by atoms with E-state index in [9.17, 15) is 4.79 Å². The van der Waals surface area contributed by atoms with Crippen LogP contribution in [0.25, 0.3) is 22.3 Å². The summed E-state index contributed by atoms with van der Waals surface area (Å²) in [6, 6.07) is 6.11. The molecule has 1 saturated heterocycles. The second-order valence-corrected chi connectivity index (χ2v) is 6.31. The van der Waals surface area contributed by atoms with Gasteiger partial charge in [-0.1, -0.05) is 6.07 Å². The maximum absolute atomic E-state index is 11.7. The van der Waals surface area contributed by atoms with Gasteiger partial charge in [0.1, 0.15) is 5.82 Å². The molecule has 0 atom stereocenters. The summed E-state index contributed by atoms with van der Waals surface area (Å²) in [7, 11) is 1.75. The van der Waals surface area contributed by atoms with Crippen molar-refractivity contribution in [3.05, 3.63) is 41.1 Å². The molecule has 3 N–H and O–H groups in total. The van der Waals surface area contributed by atoms with Gasteiger partial charge >= 0.3 is 5.69 Å². The highest BCUT2D eigenvalue weighted by molar-refractivity contribution is 5.81. The first-order valence-corrected chi connectivity index (χ1v) is 8.13. The summed E-state index contributed by atoms with van der Waals surface area (Å²) in [5, 5.41) is 0. The normalized spacial score (nSPS) is 16.0. The van der Waals surface area contributed by atoms with Crippen molar-refractivity contribution in [1.82, 2.24) is 19.5 Å². The molecule has 1 aliphatic rings. The van der Waals surface area contributed by atoms with Gasteiger partial charge in [0.25, 0.3) is 0 Å². The van der Waals surface area contributed by atoms with Gasteiger partial charge in [-0.05, 0) is 25.0 Å². The van der Waals surface area contributed by atoms with Crippen LogP contribution in [0.15, 0.2) is 35.4 Å². The van der Waals surface area contributed by atoms with Crippen LogP contribution < -0.4 is 16.3 Å². The third kappa shape index (κ3) is 2.56. The Morgan fingerprint density at radius 1 is 1.25 bits per heavy atom. The average Bonchev–Trinajstić information content (AvgIpc) is 2.90. The predicted molar refractivity (Wildman–Crippen MR) is 94.0 cm³/mol. The molecule has 0 aliphatic carbocycles. The van der Waals surface area contributed by atoms with Gasteiger partial charge in [-0.15, -0.1) is 0 Å². The van der Waals surface area contributed by atoms with Gasteiger partial charge in [-0.2, -0.15) is 0 Å². The Kier molecular flexibility index (Phi) is 3.57. The zero-order chi connectivity index (χ0) is 16.7. The summed E-state index contributed by atoms with van der Waals surface area (Å²) < 4.78 is 1.60. The summed E-state index contributed by atoms with van der Waals surface area (Å²) in [4.78, 5) is 25.9. The van der Waals surface area contributed by atoms with Crippen LogP contribution in [0, 0.1) is 0 Å². The van der Waals surface area contributed by atoms with Crippen LogP contribution >= 0.6 is 0 Å². The van der Waals surface area contributed by atoms with Crippen LogP contribution in [-0.2, 0) is 7.05 Å². The van der Waals surface area contributed by atoms with Crippen molar-refractivity contribution >= 4 is 16.9 Å². The number of fused-ring (bicyclic) bond motifs is 1. The number of anilines is 1. The minimum atomic E-state index is -0.119. The van der Waals surface area contributed by atoms with Crippen molar-refractivity contribution in [2.45, 2.75) is 18.9 Å². The van der Waals surface area contributed by atoms with E-state index in [-0.39, 0.29) is 11.7 Å². The molecule has 2 aromatic heterocycles. The number of nitrogens with zero attached hydrogens (tertiary/aromatic N) is 4. The standard InChI is InChI=1S/C17H20N6O/c1-22-15-8-11(2-3-13(15)21-17(22)24)14-9-19-10-16(20-14)23-6-4-12(18)5-7-23/h2-3,8-10,12H,4-7,18H2,1H3,(H,21,24). The lowest BCUT2D eigenvalue weighted by atomic mass is 10.1. The van der Waals surface area contributed by atoms with Gasteiger partial charge in [0, 0.05) is 31.7 Å². The van der Waals surface area contributed by atoms with E-state index in [1.807, 2.05) is 18.2 Å². The number of imidazole rings is 1. The largest absolute Gasteiger partial charge is 0.355 e. The second-order valence-electron chi connectivity index (χ2n) is 6.31. The molecule has 0 spiro atoms. The number of H-pyrrole nitrogens is 1. The second kappa shape index (κ2) is 5.76. The predicted octanol–water partition coefficient (Wildman–Crippen LogP) is 1.25. The number of aromatic nitrogens is 4. The number of hydrogen-bond donors (Lipinski definition) is 2. The number of rotatable bonds is 2. The molecule has 7 nitrogen and oxygen atoms in total. The van der Waals surface area contributed by atoms with Crippen LogP contribution in [0.3, 0.4) is 0 Å². The van der Waals surface area contributed by atoms with Gasteiger partial charge in [0.2, 0.25) is 0 Å². The molecule has 0 unspecified atom stereocenters. The first-order valence-electron chi connectivity index (χ1n) is 8.13. The van der Waals surface area contributed by atoms with Crippen LogP contribution in [0.5, 0.6) is 0 Å². The van der Waals surface area contributed by atoms with E-state index < -0.39 is 0 Å². The highest BCUT2D eigenvalue weighted by atomic mass is 16.1. The van der Waals surface area contributed by atoms with E-state index in [4.69, 9.17) is 10.7 Å². The summed E-state index contributed by atoms with van der Waals surface area (Å²) in [6.07, 6.45) is 5.50. The number of nitrogens with two attached hydrogens (primary N) is 1. The lowest BCUT2D eigenvalue weighted by molar-refractivity contribution is 0.498. The number of benzene rings is 1. The average molecular weight is 324 g/mol. The number of piperidine rings is 1. The molecule has 3 heterocycles. The smallest absolute Gasteiger partial charge is 0.326 e. The zero-order valence-corrected chi connectivity index (χ0v) is 13.6. The Morgan fingerprint density at radius 3 is 2.83 bits per heavy atom. The summed E-state index contributed by atoms with van der Waals surface area (Å²) >= 11 is 0. The molecule has 4 rings (SSSR count). The molecule has 0 amide bonds. The molecule has 0 saturated carbocycles. The summed E-state index contributed by atoms with van der Waals surface area (Å²) in [5.74, 6) is 0.877. The molecular formula is C17H20N6O. The number of nitrogens with one attached hydrogen (secondary N) is 1. The Morgan fingerprint density at radius 2 is 2.04 bits per heavy atom. The number of aromatic amines is 1. The minimum Gasteiger partial charge on any atom is -0.355 e. The number of aryl methyl sites for hydroxylation is 1. The first-order chi connectivity index (χ1) is 11.6. The van der Waals surface area contributed by atoms with Gasteiger partial charge < -0.3 is 15.6 Å². The molecular weight excluding hydrogens is 304 g/mol. The molecule has 1 aliphatic heterocycles. The van der Waals surface area contributed by atoms with E-state index in [0.717, 1.165) is 54.0 Å². The lowest BCUT2D eigenvalue weighted by Gasteiger charge is -2.30. The third-order valence-corrected chi connectivity index (χ3v) is 4.69. The molecule has 124 valence electrons. The van der Waals surface area contributed by atoms with Gasteiger partial charge in [0.15, 0.2) is 0 Å².